The zero-order valence-electron chi connectivity index (χ0n) is 10.1. The second kappa shape index (κ2) is 7.02. The number of amides is 1. The number of halogens is 2. The zero-order valence-corrected chi connectivity index (χ0v) is 12.4. The summed E-state index contributed by atoms with van der Waals surface area (Å²) >= 11 is 9.41. The first-order chi connectivity index (χ1) is 8.06. The van der Waals surface area contributed by atoms with Gasteiger partial charge in [0.1, 0.15) is 0 Å². The minimum atomic E-state index is -0.0382. The Morgan fingerprint density at radius 2 is 2.24 bits per heavy atom. The summed E-state index contributed by atoms with van der Waals surface area (Å²) in [6, 6.07) is 5.62. The Kier molecular flexibility index (Phi) is 6.00. The molecule has 0 saturated carbocycles. The van der Waals surface area contributed by atoms with Gasteiger partial charge in [-0.2, -0.15) is 0 Å². The molecule has 0 radical (unpaired) electrons. The van der Waals surface area contributed by atoms with Crippen LogP contribution in [-0.4, -0.2) is 17.8 Å². The molecule has 0 aromatic heterocycles. The van der Waals surface area contributed by atoms with Gasteiger partial charge in [-0.25, -0.2) is 0 Å². The molecule has 0 bridgehead atoms. The Hall–Kier alpha value is -0.540. The van der Waals surface area contributed by atoms with Crippen LogP contribution in [0.15, 0.2) is 22.7 Å². The highest BCUT2D eigenvalue weighted by molar-refractivity contribution is 9.10. The number of nitrogens with one attached hydrogen (secondary N) is 1. The van der Waals surface area contributed by atoms with Gasteiger partial charge in [-0.05, 0) is 37.5 Å². The number of benzene rings is 1. The molecule has 1 atom stereocenters. The van der Waals surface area contributed by atoms with E-state index < -0.39 is 0 Å². The highest BCUT2D eigenvalue weighted by atomic mass is 79.9. The van der Waals surface area contributed by atoms with E-state index in [0.29, 0.717) is 12.1 Å². The maximum absolute atomic E-state index is 11.9. The molecule has 0 saturated heterocycles. The van der Waals surface area contributed by atoms with Crippen molar-refractivity contribution in [2.75, 3.05) is 6.54 Å². The largest absolute Gasteiger partial charge is 0.352 e. The second-order valence-corrected chi connectivity index (χ2v) is 5.43. The van der Waals surface area contributed by atoms with E-state index in [9.17, 15) is 4.79 Å². The highest BCUT2D eigenvalue weighted by Gasteiger charge is 2.10. The van der Waals surface area contributed by atoms with E-state index in [-0.39, 0.29) is 11.3 Å². The van der Waals surface area contributed by atoms with Gasteiger partial charge < -0.3 is 5.32 Å². The molecule has 0 aliphatic heterocycles. The lowest BCUT2D eigenvalue weighted by molar-refractivity contribution is 0.0952. The average molecular weight is 319 g/mol. The number of rotatable bonds is 5. The molecule has 94 valence electrons. The fourth-order valence-electron chi connectivity index (χ4n) is 1.50. The van der Waals surface area contributed by atoms with Crippen LogP contribution in [0.25, 0.3) is 0 Å². The van der Waals surface area contributed by atoms with E-state index >= 15 is 0 Å². The summed E-state index contributed by atoms with van der Waals surface area (Å²) in [5.74, 6) is -0.0382. The van der Waals surface area contributed by atoms with Crippen molar-refractivity contribution in [2.24, 2.45) is 0 Å². The van der Waals surface area contributed by atoms with Crippen molar-refractivity contribution >= 4 is 33.4 Å². The lowest BCUT2D eigenvalue weighted by Gasteiger charge is -2.10. The molecule has 0 fully saturated rings. The molecule has 1 rings (SSSR count). The minimum absolute atomic E-state index is 0.0382. The Morgan fingerprint density at radius 3 is 2.88 bits per heavy atom. The number of carbonyl (C=O) groups is 1. The summed E-state index contributed by atoms with van der Waals surface area (Å²) < 4.78 is 0.953. The zero-order chi connectivity index (χ0) is 12.8. The second-order valence-electron chi connectivity index (χ2n) is 3.96. The van der Waals surface area contributed by atoms with Crippen LogP contribution in [0.5, 0.6) is 0 Å². The smallest absolute Gasteiger partial charge is 0.251 e. The van der Waals surface area contributed by atoms with Crippen molar-refractivity contribution in [1.82, 2.24) is 5.32 Å². The van der Waals surface area contributed by atoms with Gasteiger partial charge in [-0.3, -0.25) is 4.79 Å². The van der Waals surface area contributed by atoms with Gasteiger partial charge in [0.2, 0.25) is 0 Å². The summed E-state index contributed by atoms with van der Waals surface area (Å²) in [4.78, 5) is 11.9. The third kappa shape index (κ3) is 4.32. The Balaban J connectivity index is 2.56. The van der Waals surface area contributed by atoms with Crippen molar-refractivity contribution in [3.63, 3.8) is 0 Å². The molecule has 2 nitrogen and oxygen atoms in total. The van der Waals surface area contributed by atoms with Gasteiger partial charge in [0.25, 0.3) is 5.91 Å². The Bertz CT molecular complexity index is 395. The van der Waals surface area contributed by atoms with Crippen molar-refractivity contribution in [3.05, 3.63) is 33.8 Å². The van der Waals surface area contributed by atoms with Gasteiger partial charge >= 0.3 is 0 Å². The van der Waals surface area contributed by atoms with Crippen LogP contribution in [0, 0.1) is 6.92 Å². The first-order valence-electron chi connectivity index (χ1n) is 5.73. The van der Waals surface area contributed by atoms with Crippen molar-refractivity contribution in [1.29, 1.82) is 0 Å². The molecule has 1 N–H and O–H groups in total. The fourth-order valence-corrected chi connectivity index (χ4v) is 1.97. The van der Waals surface area contributed by atoms with E-state index in [1.54, 1.807) is 0 Å². The van der Waals surface area contributed by atoms with Gasteiger partial charge in [0, 0.05) is 22.0 Å². The van der Waals surface area contributed by atoms with Crippen LogP contribution in [0.4, 0.5) is 0 Å². The van der Waals surface area contributed by atoms with Crippen molar-refractivity contribution < 1.29 is 4.79 Å². The first-order valence-corrected chi connectivity index (χ1v) is 6.96. The molecule has 0 aliphatic rings. The number of hydrogen-bond donors (Lipinski definition) is 1. The van der Waals surface area contributed by atoms with Crippen LogP contribution in [0.2, 0.25) is 0 Å². The van der Waals surface area contributed by atoms with Gasteiger partial charge in [-0.15, -0.1) is 11.6 Å². The summed E-state index contributed by atoms with van der Waals surface area (Å²) in [5.41, 5.74) is 1.67. The molecule has 0 heterocycles. The topological polar surface area (TPSA) is 29.1 Å². The predicted octanol–water partition coefficient (Wildman–Crippen LogP) is 3.89. The van der Waals surface area contributed by atoms with Crippen LogP contribution >= 0.6 is 27.5 Å². The summed E-state index contributed by atoms with van der Waals surface area (Å²) in [6.07, 6.45) is 1.73. The van der Waals surface area contributed by atoms with E-state index in [1.165, 1.54) is 0 Å². The molecule has 1 unspecified atom stereocenters. The maximum atomic E-state index is 11.9. The summed E-state index contributed by atoms with van der Waals surface area (Å²) in [6.45, 7) is 4.58. The molecule has 17 heavy (non-hydrogen) atoms. The van der Waals surface area contributed by atoms with E-state index in [2.05, 4.69) is 21.2 Å². The minimum Gasteiger partial charge on any atom is -0.352 e. The van der Waals surface area contributed by atoms with Crippen molar-refractivity contribution in [3.8, 4) is 0 Å². The Labute approximate surface area is 116 Å². The summed E-state index contributed by atoms with van der Waals surface area (Å²) in [5, 5.41) is 3.03. The lowest BCUT2D eigenvalue weighted by Crippen LogP contribution is -2.26. The SMILES string of the molecule is CCC(Cl)CCNC(=O)c1cccc(Br)c1C. The number of carbonyl (C=O) groups excluding carboxylic acids is 1. The van der Waals surface area contributed by atoms with Gasteiger partial charge in [-0.1, -0.05) is 28.9 Å². The molecule has 1 amide bonds. The normalized spacial score (nSPS) is 12.2. The average Bonchev–Trinajstić information content (AvgIpc) is 2.32. The van der Waals surface area contributed by atoms with Crippen LogP contribution in [-0.2, 0) is 0 Å². The third-order valence-corrected chi connectivity index (χ3v) is 4.08. The van der Waals surface area contributed by atoms with E-state index in [4.69, 9.17) is 11.6 Å². The summed E-state index contributed by atoms with van der Waals surface area (Å²) in [7, 11) is 0. The molecule has 0 aliphatic carbocycles. The van der Waals surface area contributed by atoms with E-state index in [0.717, 1.165) is 22.9 Å². The molecule has 1 aromatic carbocycles. The maximum Gasteiger partial charge on any atom is 0.251 e. The quantitative estimate of drug-likeness (QED) is 0.820. The van der Waals surface area contributed by atoms with Crippen molar-refractivity contribution in [2.45, 2.75) is 32.1 Å². The molecule has 4 heteroatoms. The predicted molar refractivity (Wildman–Crippen MR) is 75.8 cm³/mol. The number of alkyl halides is 1. The monoisotopic (exact) mass is 317 g/mol. The van der Waals surface area contributed by atoms with Gasteiger partial charge in [0.15, 0.2) is 0 Å². The standard InChI is InChI=1S/C13H17BrClNO/c1-3-10(15)7-8-16-13(17)11-5-4-6-12(14)9(11)2/h4-6,10H,3,7-8H2,1-2H3,(H,16,17). The fraction of sp³-hybridized carbons (Fsp3) is 0.462. The lowest BCUT2D eigenvalue weighted by atomic mass is 10.1. The van der Waals surface area contributed by atoms with Crippen LogP contribution in [0.3, 0.4) is 0 Å². The van der Waals surface area contributed by atoms with Crippen LogP contribution in [0.1, 0.15) is 35.7 Å². The molecular weight excluding hydrogens is 302 g/mol. The highest BCUT2D eigenvalue weighted by Crippen LogP contribution is 2.19. The Morgan fingerprint density at radius 1 is 1.53 bits per heavy atom. The molecule has 0 spiro atoms. The van der Waals surface area contributed by atoms with Gasteiger partial charge in [0.05, 0.1) is 0 Å². The number of hydrogen-bond acceptors (Lipinski definition) is 1. The first kappa shape index (κ1) is 14.5. The van der Waals surface area contributed by atoms with E-state index in [1.807, 2.05) is 32.0 Å². The third-order valence-electron chi connectivity index (χ3n) is 2.70. The molecule has 1 aromatic rings. The van der Waals surface area contributed by atoms with Crippen LogP contribution < -0.4 is 5.32 Å². The molecular formula is C13H17BrClNO.